The van der Waals surface area contributed by atoms with Crippen LogP contribution >= 0.6 is 39.1 Å². The number of esters is 2. The van der Waals surface area contributed by atoms with Crippen LogP contribution in [0, 0.1) is 0 Å². The molecule has 0 aromatic heterocycles. The van der Waals surface area contributed by atoms with Crippen molar-refractivity contribution < 1.29 is 28.6 Å². The lowest BCUT2D eigenvalue weighted by atomic mass is 9.99. The van der Waals surface area contributed by atoms with Gasteiger partial charge in [0, 0.05) is 14.5 Å². The van der Waals surface area contributed by atoms with Crippen LogP contribution in [0.3, 0.4) is 0 Å². The van der Waals surface area contributed by atoms with E-state index in [9.17, 15) is 14.4 Å². The number of carbonyl (C=O) groups excluding carboxylic acids is 3. The normalized spacial score (nSPS) is 18.0. The Morgan fingerprint density at radius 1 is 1.10 bits per heavy atom. The van der Waals surface area contributed by atoms with Crippen molar-refractivity contribution in [3.05, 3.63) is 56.5 Å². The monoisotopic (exact) mass is 501 g/mol. The van der Waals surface area contributed by atoms with E-state index in [0.717, 1.165) is 19.1 Å². The van der Waals surface area contributed by atoms with Crippen LogP contribution in [0.5, 0.6) is 5.75 Å². The number of hydrogen-bond acceptors (Lipinski definition) is 6. The van der Waals surface area contributed by atoms with E-state index in [2.05, 4.69) is 15.9 Å². The standard InChI is InChI=1S/C19H14BrCl2NO6/c1-27-16(24)9-19(18(26)28-2)23(13-7-11(21)6-12(22)8-13)17(25)14-5-10(20)3-4-15(14)29-19/h3-8H,9H2,1-2H3/t19-/m0/s1. The van der Waals surface area contributed by atoms with E-state index in [-0.39, 0.29) is 27.0 Å². The van der Waals surface area contributed by atoms with Crippen molar-refractivity contribution in [2.45, 2.75) is 12.1 Å². The van der Waals surface area contributed by atoms with Gasteiger partial charge in [0.05, 0.1) is 25.5 Å². The predicted molar refractivity (Wildman–Crippen MR) is 109 cm³/mol. The Morgan fingerprint density at radius 2 is 1.76 bits per heavy atom. The van der Waals surface area contributed by atoms with Gasteiger partial charge in [-0.05, 0) is 36.4 Å². The second-order valence-electron chi connectivity index (χ2n) is 6.04. The van der Waals surface area contributed by atoms with Gasteiger partial charge in [-0.2, -0.15) is 0 Å². The summed E-state index contributed by atoms with van der Waals surface area (Å²) in [5.74, 6) is -2.26. The third-order valence-corrected chi connectivity index (χ3v) is 5.17. The van der Waals surface area contributed by atoms with E-state index in [1.165, 1.54) is 30.3 Å². The minimum absolute atomic E-state index is 0.108. The van der Waals surface area contributed by atoms with Gasteiger partial charge in [-0.1, -0.05) is 39.1 Å². The maximum absolute atomic E-state index is 13.5. The summed E-state index contributed by atoms with van der Waals surface area (Å²) in [6.45, 7) is 0. The molecule has 0 unspecified atom stereocenters. The van der Waals surface area contributed by atoms with Crippen LogP contribution in [0.15, 0.2) is 40.9 Å². The summed E-state index contributed by atoms with van der Waals surface area (Å²) in [6.07, 6.45) is -0.623. The highest BCUT2D eigenvalue weighted by Gasteiger charge is 2.56. The van der Waals surface area contributed by atoms with E-state index in [4.69, 9.17) is 37.4 Å². The summed E-state index contributed by atoms with van der Waals surface area (Å²) in [4.78, 5) is 39.6. The van der Waals surface area contributed by atoms with Gasteiger partial charge in [-0.15, -0.1) is 0 Å². The molecule has 10 heteroatoms. The predicted octanol–water partition coefficient (Wildman–Crippen LogP) is 4.23. The lowest BCUT2D eigenvalue weighted by Gasteiger charge is -2.44. The summed E-state index contributed by atoms with van der Waals surface area (Å²) < 4.78 is 16.2. The smallest absolute Gasteiger partial charge is 0.373 e. The van der Waals surface area contributed by atoms with Crippen molar-refractivity contribution in [1.82, 2.24) is 0 Å². The van der Waals surface area contributed by atoms with Crippen LogP contribution in [-0.4, -0.2) is 37.8 Å². The van der Waals surface area contributed by atoms with Gasteiger partial charge >= 0.3 is 11.9 Å². The summed E-state index contributed by atoms with van der Waals surface area (Å²) in [5.41, 5.74) is -1.85. The Hall–Kier alpha value is -2.29. The molecule has 3 rings (SSSR count). The van der Waals surface area contributed by atoms with Crippen molar-refractivity contribution in [2.75, 3.05) is 19.1 Å². The fraction of sp³-hybridized carbons (Fsp3) is 0.211. The topological polar surface area (TPSA) is 82.1 Å². The third kappa shape index (κ3) is 3.92. The molecule has 152 valence electrons. The minimum Gasteiger partial charge on any atom is -0.469 e. The van der Waals surface area contributed by atoms with Gasteiger partial charge in [-0.25, -0.2) is 4.79 Å². The van der Waals surface area contributed by atoms with Crippen molar-refractivity contribution in [3.63, 3.8) is 0 Å². The molecule has 0 saturated heterocycles. The van der Waals surface area contributed by atoms with Crippen LogP contribution in [0.4, 0.5) is 5.69 Å². The number of carbonyl (C=O) groups is 3. The van der Waals surface area contributed by atoms with Gasteiger partial charge in [0.2, 0.25) is 0 Å². The van der Waals surface area contributed by atoms with E-state index in [1.807, 2.05) is 0 Å². The largest absolute Gasteiger partial charge is 0.469 e. The number of halogens is 3. The molecule has 0 bridgehead atoms. The summed E-state index contributed by atoms with van der Waals surface area (Å²) in [7, 11) is 2.28. The molecule has 1 amide bonds. The molecule has 1 atom stereocenters. The first-order chi connectivity index (χ1) is 13.7. The van der Waals surface area contributed by atoms with E-state index in [1.54, 1.807) is 6.07 Å². The fourth-order valence-corrected chi connectivity index (χ4v) is 3.89. The van der Waals surface area contributed by atoms with Gasteiger partial charge in [0.25, 0.3) is 11.6 Å². The summed E-state index contributed by atoms with van der Waals surface area (Å²) in [5, 5.41) is 0.439. The number of fused-ring (bicyclic) bond motifs is 1. The summed E-state index contributed by atoms with van der Waals surface area (Å²) >= 11 is 15.5. The zero-order chi connectivity index (χ0) is 21.3. The number of anilines is 1. The average molecular weight is 503 g/mol. The first kappa shape index (κ1) is 21.4. The van der Waals surface area contributed by atoms with Crippen molar-refractivity contribution in [3.8, 4) is 5.75 Å². The molecular weight excluding hydrogens is 489 g/mol. The maximum atomic E-state index is 13.5. The van der Waals surface area contributed by atoms with E-state index < -0.39 is 30.0 Å². The molecule has 0 spiro atoms. The van der Waals surface area contributed by atoms with Crippen LogP contribution in [0.1, 0.15) is 16.8 Å². The SMILES string of the molecule is COC(=O)C[C@@]1(C(=O)OC)Oc2ccc(Br)cc2C(=O)N1c1cc(Cl)cc(Cl)c1. The third-order valence-electron chi connectivity index (χ3n) is 4.24. The molecule has 2 aromatic carbocycles. The van der Waals surface area contributed by atoms with Gasteiger partial charge in [-0.3, -0.25) is 14.5 Å². The lowest BCUT2D eigenvalue weighted by molar-refractivity contribution is -0.166. The average Bonchev–Trinajstić information content (AvgIpc) is 2.67. The Bertz CT molecular complexity index is 994. The van der Waals surface area contributed by atoms with Gasteiger partial charge in [0.1, 0.15) is 12.2 Å². The number of hydrogen-bond donors (Lipinski definition) is 0. The molecule has 2 aromatic rings. The highest BCUT2D eigenvalue weighted by Crippen LogP contribution is 2.42. The second kappa shape index (κ2) is 8.22. The quantitative estimate of drug-likeness (QED) is 0.582. The van der Waals surface area contributed by atoms with Crippen LogP contribution in [-0.2, 0) is 19.1 Å². The molecule has 7 nitrogen and oxygen atoms in total. The fourth-order valence-electron chi connectivity index (χ4n) is 3.01. The van der Waals surface area contributed by atoms with Gasteiger partial charge < -0.3 is 14.2 Å². The van der Waals surface area contributed by atoms with Crippen LogP contribution in [0.25, 0.3) is 0 Å². The van der Waals surface area contributed by atoms with Gasteiger partial charge in [0.15, 0.2) is 0 Å². The van der Waals surface area contributed by atoms with Crippen LogP contribution < -0.4 is 9.64 Å². The Balaban J connectivity index is 2.31. The van der Waals surface area contributed by atoms with E-state index >= 15 is 0 Å². The Kier molecular flexibility index (Phi) is 6.07. The number of amides is 1. The molecule has 0 N–H and O–H groups in total. The van der Waals surface area contributed by atoms with Crippen LogP contribution in [0.2, 0.25) is 10.0 Å². The molecule has 29 heavy (non-hydrogen) atoms. The highest BCUT2D eigenvalue weighted by molar-refractivity contribution is 9.10. The van der Waals surface area contributed by atoms with Crippen molar-refractivity contribution >= 4 is 62.7 Å². The first-order valence-electron chi connectivity index (χ1n) is 8.16. The molecule has 1 heterocycles. The Labute approximate surface area is 184 Å². The lowest BCUT2D eigenvalue weighted by Crippen LogP contribution is -2.65. The zero-order valence-corrected chi connectivity index (χ0v) is 18.3. The molecule has 0 radical (unpaired) electrons. The minimum atomic E-state index is -2.16. The first-order valence-corrected chi connectivity index (χ1v) is 9.71. The molecule has 0 aliphatic carbocycles. The number of nitrogens with zero attached hydrogens (tertiary/aromatic N) is 1. The van der Waals surface area contributed by atoms with Crippen molar-refractivity contribution in [2.24, 2.45) is 0 Å². The molecule has 0 fully saturated rings. The second-order valence-corrected chi connectivity index (χ2v) is 7.83. The molecular formula is C19H14BrCl2NO6. The van der Waals surface area contributed by atoms with E-state index in [0.29, 0.717) is 4.47 Å². The molecule has 1 aliphatic rings. The molecule has 1 aliphatic heterocycles. The summed E-state index contributed by atoms with van der Waals surface area (Å²) in [6, 6.07) is 8.99. The molecule has 0 saturated carbocycles. The number of benzene rings is 2. The number of methoxy groups -OCH3 is 2. The van der Waals surface area contributed by atoms with Crippen molar-refractivity contribution in [1.29, 1.82) is 0 Å². The number of rotatable bonds is 4. The maximum Gasteiger partial charge on any atom is 0.373 e. The number of ether oxygens (including phenoxy) is 3. The Morgan fingerprint density at radius 3 is 2.34 bits per heavy atom. The zero-order valence-electron chi connectivity index (χ0n) is 15.2. The highest BCUT2D eigenvalue weighted by atomic mass is 79.9.